The van der Waals surface area contributed by atoms with Gasteiger partial charge in [-0.1, -0.05) is 0 Å². The molecule has 0 atom stereocenters. The van der Waals surface area contributed by atoms with Gasteiger partial charge in [0.15, 0.2) is 0 Å². The molecule has 0 radical (unpaired) electrons. The summed E-state index contributed by atoms with van der Waals surface area (Å²) in [5, 5.41) is 0. The topological polar surface area (TPSA) is 36.9 Å². The van der Waals surface area contributed by atoms with Crippen molar-refractivity contribution in [2.24, 2.45) is 0 Å². The Bertz CT molecular complexity index is 594. The third-order valence-corrected chi connectivity index (χ3v) is 49.3. The molecule has 4 nitrogen and oxygen atoms in total. The summed E-state index contributed by atoms with van der Waals surface area (Å²) in [6.45, 7) is 10.8. The van der Waals surface area contributed by atoms with Crippen LogP contribution in [0.15, 0.2) is 30.3 Å². The van der Waals surface area contributed by atoms with E-state index in [2.05, 4.69) is 52.0 Å². The molecule has 0 amide bonds. The number of hydrogen-bond acceptors (Lipinski definition) is 8. The fourth-order valence-corrected chi connectivity index (χ4v) is 62.0. The molecule has 0 heterocycles. The minimum absolute atomic E-state index is 0.620. The van der Waals surface area contributed by atoms with E-state index in [4.69, 9.17) is 41.7 Å². The van der Waals surface area contributed by atoms with Crippen molar-refractivity contribution < 1.29 is 18.1 Å². The Labute approximate surface area is 199 Å². The van der Waals surface area contributed by atoms with Gasteiger partial charge in [0.25, 0.3) is 0 Å². The standard InChI is InChI=1S/2C6H15O2PS2.C6H5.Sb/c2*1-3-5-7-9(10,11)8-6-4-2;1-2-4-6-5-3-1;/h2*3-6H2,1-2H3,(H,10,11);1-5H;/q;;;+2/p-2. The molecule has 0 aliphatic carbocycles. The number of benzene rings is 1. The van der Waals surface area contributed by atoms with E-state index in [0.717, 1.165) is 25.7 Å². The summed E-state index contributed by atoms with van der Waals surface area (Å²) < 4.78 is 25.7. The Morgan fingerprint density at radius 3 is 1.34 bits per heavy atom. The average Bonchev–Trinajstić information content (AvgIpc) is 2.74. The van der Waals surface area contributed by atoms with Crippen LogP contribution >= 0.6 is 28.3 Å². The average molecular weight is 625 g/mol. The van der Waals surface area contributed by atoms with Gasteiger partial charge in [0.1, 0.15) is 0 Å². The van der Waals surface area contributed by atoms with Crippen molar-refractivity contribution in [1.29, 1.82) is 0 Å². The first kappa shape index (κ1) is 28.9. The van der Waals surface area contributed by atoms with Crippen LogP contribution in [0.1, 0.15) is 53.4 Å². The monoisotopic (exact) mass is 624 g/mol. The molecular weight excluding hydrogens is 592 g/mol. The molecular formula is C18H33O4P2S4Sb. The Balaban J connectivity index is 3.14. The Morgan fingerprint density at radius 1 is 0.690 bits per heavy atom. The Kier molecular flexibility index (Phi) is 16.4. The molecule has 0 fully saturated rings. The van der Waals surface area contributed by atoms with Crippen molar-refractivity contribution in [3.05, 3.63) is 30.3 Å². The summed E-state index contributed by atoms with van der Waals surface area (Å²) in [6, 6.07) is 10.5. The van der Waals surface area contributed by atoms with Gasteiger partial charge in [-0.25, -0.2) is 0 Å². The maximum atomic E-state index is 6.11. The van der Waals surface area contributed by atoms with Crippen molar-refractivity contribution in [2.75, 3.05) is 26.4 Å². The van der Waals surface area contributed by atoms with E-state index in [0.29, 0.717) is 26.4 Å². The van der Waals surface area contributed by atoms with Gasteiger partial charge in [-0.15, -0.1) is 0 Å². The predicted molar refractivity (Wildman–Crippen MR) is 141 cm³/mol. The van der Waals surface area contributed by atoms with E-state index in [1.807, 2.05) is 6.07 Å². The van der Waals surface area contributed by atoms with Crippen LogP contribution in [0.5, 0.6) is 0 Å². The molecule has 1 aromatic rings. The van der Waals surface area contributed by atoms with Crippen molar-refractivity contribution in [2.45, 2.75) is 53.4 Å². The molecule has 0 aliphatic rings. The second-order valence-corrected chi connectivity index (χ2v) is 35.0. The quantitative estimate of drug-likeness (QED) is 0.135. The minimum atomic E-state index is -2.44. The molecule has 11 heteroatoms. The molecule has 0 unspecified atom stereocenters. The van der Waals surface area contributed by atoms with Gasteiger partial charge in [0.05, 0.1) is 0 Å². The fourth-order valence-electron chi connectivity index (χ4n) is 1.82. The summed E-state index contributed by atoms with van der Waals surface area (Å²) in [4.78, 5) is 0. The molecule has 0 aromatic heterocycles. The normalized spacial score (nSPS) is 12.6. The van der Waals surface area contributed by atoms with Gasteiger partial charge < -0.3 is 0 Å². The Hall–Kier alpha value is 1.88. The van der Waals surface area contributed by atoms with Crippen LogP contribution in [0, 0.1) is 0 Å². The van der Waals surface area contributed by atoms with E-state index in [1.54, 1.807) is 16.9 Å². The van der Waals surface area contributed by atoms with Gasteiger partial charge in [0.2, 0.25) is 0 Å². The summed E-state index contributed by atoms with van der Waals surface area (Å²) in [6.07, 6.45) is 3.67. The van der Waals surface area contributed by atoms with Crippen molar-refractivity contribution in [3.63, 3.8) is 0 Å². The SMILES string of the molecule is CCCOP(=S)(OCCC)[S][Sb]([S]P(=S)(OCCC)OCCC)[c]1ccccc1. The first-order chi connectivity index (χ1) is 13.9. The van der Waals surface area contributed by atoms with Crippen LogP contribution in [0.3, 0.4) is 0 Å². The van der Waals surface area contributed by atoms with Gasteiger partial charge in [-0.2, -0.15) is 0 Å². The molecule has 29 heavy (non-hydrogen) atoms. The molecule has 1 rings (SSSR count). The van der Waals surface area contributed by atoms with Crippen LogP contribution in [-0.2, 0) is 41.7 Å². The zero-order valence-corrected chi connectivity index (χ0v) is 25.3. The second-order valence-electron chi connectivity index (χ2n) is 5.98. The zero-order chi connectivity index (χ0) is 21.6. The Morgan fingerprint density at radius 2 is 1.03 bits per heavy atom. The molecule has 0 saturated carbocycles. The van der Waals surface area contributed by atoms with E-state index in [9.17, 15) is 0 Å². The third kappa shape index (κ3) is 12.1. The van der Waals surface area contributed by atoms with Gasteiger partial charge in [-0.05, 0) is 0 Å². The van der Waals surface area contributed by atoms with Crippen LogP contribution in [-0.4, -0.2) is 43.8 Å². The molecule has 0 N–H and O–H groups in total. The molecule has 0 bridgehead atoms. The van der Waals surface area contributed by atoms with Crippen LogP contribution in [0.25, 0.3) is 0 Å². The van der Waals surface area contributed by atoms with Gasteiger partial charge in [-0.3, -0.25) is 0 Å². The van der Waals surface area contributed by atoms with Crippen molar-refractivity contribution in [1.82, 2.24) is 0 Å². The number of hydrogen-bond donors (Lipinski definition) is 0. The number of rotatable bonds is 17. The van der Waals surface area contributed by atoms with Crippen LogP contribution < -0.4 is 3.51 Å². The summed E-state index contributed by atoms with van der Waals surface area (Å²) in [7, 11) is 3.50. The van der Waals surface area contributed by atoms with Gasteiger partial charge in [0, 0.05) is 0 Å². The van der Waals surface area contributed by atoms with Crippen LogP contribution in [0.2, 0.25) is 0 Å². The summed E-state index contributed by atoms with van der Waals surface area (Å²) in [5.41, 5.74) is -4.88. The van der Waals surface area contributed by atoms with Crippen molar-refractivity contribution in [3.8, 4) is 0 Å². The van der Waals surface area contributed by atoms with Gasteiger partial charge >= 0.3 is 201 Å². The maximum absolute atomic E-state index is 6.11. The summed E-state index contributed by atoms with van der Waals surface area (Å²) >= 11 is 9.53. The second kappa shape index (κ2) is 16.5. The van der Waals surface area contributed by atoms with Crippen LogP contribution in [0.4, 0.5) is 0 Å². The fraction of sp³-hybridized carbons (Fsp3) is 0.667. The molecule has 1 aromatic carbocycles. The molecule has 0 aliphatic heterocycles. The van der Waals surface area contributed by atoms with E-state index in [1.165, 1.54) is 3.51 Å². The first-order valence-electron chi connectivity index (χ1n) is 9.94. The van der Waals surface area contributed by atoms with E-state index < -0.39 is 28.8 Å². The summed E-state index contributed by atoms with van der Waals surface area (Å²) in [5.74, 6) is 0. The van der Waals surface area contributed by atoms with E-state index in [-0.39, 0.29) is 0 Å². The first-order valence-corrected chi connectivity index (χ1v) is 25.5. The molecule has 0 spiro atoms. The third-order valence-electron chi connectivity index (χ3n) is 3.13. The molecule has 0 saturated heterocycles. The van der Waals surface area contributed by atoms with E-state index >= 15 is 0 Å². The molecule has 168 valence electrons. The predicted octanol–water partition coefficient (Wildman–Crippen LogP) is 7.00. The van der Waals surface area contributed by atoms with Crippen molar-refractivity contribution >= 4 is 72.9 Å². The zero-order valence-electron chi connectivity index (χ0n) is 17.7.